The van der Waals surface area contributed by atoms with Crippen LogP contribution in [0.25, 0.3) is 6.08 Å². The van der Waals surface area contributed by atoms with Gasteiger partial charge in [-0.05, 0) is 48.7 Å². The van der Waals surface area contributed by atoms with E-state index in [1.165, 1.54) is 25.3 Å². The van der Waals surface area contributed by atoms with Gasteiger partial charge in [0.2, 0.25) is 0 Å². The zero-order valence-corrected chi connectivity index (χ0v) is 17.7. The Hall–Kier alpha value is -4.05. The summed E-state index contributed by atoms with van der Waals surface area (Å²) >= 11 is 0. The average Bonchev–Trinajstić information content (AvgIpc) is 2.76. The summed E-state index contributed by atoms with van der Waals surface area (Å²) in [4.78, 5) is 24.2. The molecule has 31 heavy (non-hydrogen) atoms. The van der Waals surface area contributed by atoms with Crippen LogP contribution in [0.4, 0.5) is 0 Å². The maximum atomic E-state index is 12.3. The van der Waals surface area contributed by atoms with Crippen molar-refractivity contribution in [2.45, 2.75) is 13.8 Å². The van der Waals surface area contributed by atoms with Crippen LogP contribution in [0.15, 0.2) is 54.6 Å². The first kappa shape index (κ1) is 23.2. The molecule has 0 saturated carbocycles. The maximum Gasteiger partial charge on any atom is 0.349 e. The molecule has 0 atom stereocenters. The number of nitrogens with one attached hydrogen (secondary N) is 1. The standard InChI is InChI=1S/C24H24N2O5/c1-5-11-26-24(28)19(14-25)12-18-9-10-20(21(13-18)29-4)31-22(27)15-30-23-16(2)7-6-8-17(23)3/h5-10,12-13H,1,11,15H2,2-4H3,(H,26,28)/b19-12+. The van der Waals surface area contributed by atoms with E-state index in [4.69, 9.17) is 14.2 Å². The second-order valence-corrected chi connectivity index (χ2v) is 6.56. The van der Waals surface area contributed by atoms with Gasteiger partial charge >= 0.3 is 5.97 Å². The monoisotopic (exact) mass is 420 g/mol. The number of benzene rings is 2. The van der Waals surface area contributed by atoms with Gasteiger partial charge < -0.3 is 19.5 Å². The zero-order valence-electron chi connectivity index (χ0n) is 17.7. The van der Waals surface area contributed by atoms with Gasteiger partial charge in [0.1, 0.15) is 17.4 Å². The van der Waals surface area contributed by atoms with E-state index < -0.39 is 11.9 Å². The molecule has 0 heterocycles. The number of carbonyl (C=O) groups excluding carboxylic acids is 2. The smallest absolute Gasteiger partial charge is 0.349 e. The fraction of sp³-hybridized carbons (Fsp3) is 0.208. The molecule has 0 aliphatic carbocycles. The van der Waals surface area contributed by atoms with Gasteiger partial charge in [0.05, 0.1) is 7.11 Å². The molecule has 0 unspecified atom stereocenters. The summed E-state index contributed by atoms with van der Waals surface area (Å²) < 4.78 is 16.3. The molecular weight excluding hydrogens is 396 g/mol. The van der Waals surface area contributed by atoms with Crippen molar-refractivity contribution in [2.75, 3.05) is 20.3 Å². The molecule has 0 fully saturated rings. The first-order chi connectivity index (χ1) is 14.9. The van der Waals surface area contributed by atoms with Gasteiger partial charge in [-0.2, -0.15) is 5.26 Å². The third kappa shape index (κ3) is 6.47. The summed E-state index contributed by atoms with van der Waals surface area (Å²) in [5.74, 6) is 0.0132. The molecule has 2 aromatic rings. The summed E-state index contributed by atoms with van der Waals surface area (Å²) in [5, 5.41) is 11.8. The normalized spacial score (nSPS) is 10.6. The van der Waals surface area contributed by atoms with Gasteiger partial charge in [-0.3, -0.25) is 4.79 Å². The minimum Gasteiger partial charge on any atom is -0.493 e. The number of nitriles is 1. The Morgan fingerprint density at radius 2 is 1.87 bits per heavy atom. The molecule has 1 amide bonds. The van der Waals surface area contributed by atoms with Crippen LogP contribution in [0.2, 0.25) is 0 Å². The highest BCUT2D eigenvalue weighted by Gasteiger charge is 2.14. The lowest BCUT2D eigenvalue weighted by Gasteiger charge is -2.13. The molecule has 160 valence electrons. The molecule has 0 spiro atoms. The molecule has 7 nitrogen and oxygen atoms in total. The van der Waals surface area contributed by atoms with Gasteiger partial charge in [0.25, 0.3) is 5.91 Å². The Kier molecular flexibility index (Phi) is 8.41. The zero-order chi connectivity index (χ0) is 22.8. The van der Waals surface area contributed by atoms with Crippen molar-refractivity contribution in [3.8, 4) is 23.3 Å². The highest BCUT2D eigenvalue weighted by Crippen LogP contribution is 2.29. The number of hydrogen-bond donors (Lipinski definition) is 1. The molecule has 0 aromatic heterocycles. The number of rotatable bonds is 9. The summed E-state index contributed by atoms with van der Waals surface area (Å²) in [5.41, 5.74) is 2.31. The Morgan fingerprint density at radius 1 is 1.16 bits per heavy atom. The van der Waals surface area contributed by atoms with E-state index in [1.807, 2.05) is 38.1 Å². The lowest BCUT2D eigenvalue weighted by Crippen LogP contribution is -2.24. The number of ether oxygens (including phenoxy) is 3. The van der Waals surface area contributed by atoms with Crippen LogP contribution in [0.1, 0.15) is 16.7 Å². The number of nitrogens with zero attached hydrogens (tertiary/aromatic N) is 1. The molecule has 7 heteroatoms. The third-order valence-corrected chi connectivity index (χ3v) is 4.24. The molecule has 2 rings (SSSR count). The Bertz CT molecular complexity index is 1030. The topological polar surface area (TPSA) is 97.7 Å². The Balaban J connectivity index is 2.11. The summed E-state index contributed by atoms with van der Waals surface area (Å²) in [6.45, 7) is 7.30. The van der Waals surface area contributed by atoms with Gasteiger partial charge in [0.15, 0.2) is 18.1 Å². The number of hydrogen-bond acceptors (Lipinski definition) is 6. The van der Waals surface area contributed by atoms with Crippen LogP contribution in [-0.4, -0.2) is 32.1 Å². The molecule has 0 radical (unpaired) electrons. The van der Waals surface area contributed by atoms with E-state index in [9.17, 15) is 14.9 Å². The minimum absolute atomic E-state index is 0.0735. The fourth-order valence-corrected chi connectivity index (χ4v) is 2.74. The van der Waals surface area contributed by atoms with Crippen molar-refractivity contribution in [1.29, 1.82) is 5.26 Å². The van der Waals surface area contributed by atoms with E-state index >= 15 is 0 Å². The van der Waals surface area contributed by atoms with Crippen LogP contribution >= 0.6 is 0 Å². The van der Waals surface area contributed by atoms with E-state index in [0.717, 1.165) is 11.1 Å². The Morgan fingerprint density at radius 3 is 2.48 bits per heavy atom. The first-order valence-electron chi connectivity index (χ1n) is 9.48. The fourth-order valence-electron chi connectivity index (χ4n) is 2.74. The van der Waals surface area contributed by atoms with Crippen LogP contribution < -0.4 is 19.5 Å². The molecule has 0 aliphatic heterocycles. The van der Waals surface area contributed by atoms with Crippen LogP contribution in [-0.2, 0) is 9.59 Å². The van der Waals surface area contributed by atoms with Crippen molar-refractivity contribution in [3.63, 3.8) is 0 Å². The van der Waals surface area contributed by atoms with Gasteiger partial charge in [-0.1, -0.05) is 30.3 Å². The van der Waals surface area contributed by atoms with Crippen molar-refractivity contribution in [1.82, 2.24) is 5.32 Å². The van der Waals surface area contributed by atoms with E-state index in [0.29, 0.717) is 11.3 Å². The van der Waals surface area contributed by atoms with Crippen LogP contribution in [0.3, 0.4) is 0 Å². The molecule has 0 bridgehead atoms. The van der Waals surface area contributed by atoms with E-state index in [2.05, 4.69) is 11.9 Å². The van der Waals surface area contributed by atoms with E-state index in [-0.39, 0.29) is 30.2 Å². The summed E-state index contributed by atoms with van der Waals surface area (Å²) in [6, 6.07) is 12.3. The van der Waals surface area contributed by atoms with E-state index in [1.54, 1.807) is 12.1 Å². The molecule has 1 N–H and O–H groups in total. The van der Waals surface area contributed by atoms with Crippen molar-refractivity contribution < 1.29 is 23.8 Å². The lowest BCUT2D eigenvalue weighted by molar-refractivity contribution is -0.136. The van der Waals surface area contributed by atoms with Gasteiger partial charge in [-0.25, -0.2) is 4.79 Å². The summed E-state index contributed by atoms with van der Waals surface area (Å²) in [6.07, 6.45) is 2.93. The number of carbonyl (C=O) groups is 2. The maximum absolute atomic E-state index is 12.3. The van der Waals surface area contributed by atoms with Crippen molar-refractivity contribution >= 4 is 18.0 Å². The number of amides is 1. The second-order valence-electron chi connectivity index (χ2n) is 6.56. The molecule has 0 saturated heterocycles. The largest absolute Gasteiger partial charge is 0.493 e. The van der Waals surface area contributed by atoms with Crippen molar-refractivity contribution in [2.24, 2.45) is 0 Å². The number of aryl methyl sites for hydroxylation is 2. The molecule has 0 aliphatic rings. The molecular formula is C24H24N2O5. The number of esters is 1. The van der Waals surface area contributed by atoms with Crippen LogP contribution in [0, 0.1) is 25.2 Å². The predicted octanol–water partition coefficient (Wildman–Crippen LogP) is 3.51. The predicted molar refractivity (Wildman–Crippen MR) is 117 cm³/mol. The van der Waals surface area contributed by atoms with Gasteiger partial charge in [-0.15, -0.1) is 6.58 Å². The van der Waals surface area contributed by atoms with Crippen molar-refractivity contribution in [3.05, 3.63) is 71.3 Å². The quantitative estimate of drug-likeness (QED) is 0.219. The van der Waals surface area contributed by atoms with Gasteiger partial charge in [0, 0.05) is 6.54 Å². The minimum atomic E-state index is -0.592. The number of para-hydroxylation sites is 1. The average molecular weight is 420 g/mol. The summed E-state index contributed by atoms with van der Waals surface area (Å²) in [7, 11) is 1.43. The second kappa shape index (κ2) is 11.2. The lowest BCUT2D eigenvalue weighted by atomic mass is 10.1. The Labute approximate surface area is 181 Å². The third-order valence-electron chi connectivity index (χ3n) is 4.24. The highest BCUT2D eigenvalue weighted by atomic mass is 16.6. The molecule has 2 aromatic carbocycles. The number of methoxy groups -OCH3 is 1. The van der Waals surface area contributed by atoms with Crippen LogP contribution in [0.5, 0.6) is 17.2 Å². The SMILES string of the molecule is C=CCNC(=O)/C(C#N)=C/c1ccc(OC(=O)COc2c(C)cccc2C)c(OC)c1. The highest BCUT2D eigenvalue weighted by molar-refractivity contribution is 6.01. The first-order valence-corrected chi connectivity index (χ1v) is 9.48.